The second-order valence-corrected chi connectivity index (χ2v) is 8.28. The van der Waals surface area contributed by atoms with Crippen LogP contribution in [0.15, 0.2) is 47.5 Å². The zero-order valence-corrected chi connectivity index (χ0v) is 17.2. The van der Waals surface area contributed by atoms with Crippen molar-refractivity contribution in [3.8, 4) is 5.88 Å². The minimum atomic E-state index is -3.79. The van der Waals surface area contributed by atoms with Crippen molar-refractivity contribution in [1.82, 2.24) is 14.6 Å². The molecule has 0 radical (unpaired) electrons. The maximum absolute atomic E-state index is 12.5. The summed E-state index contributed by atoms with van der Waals surface area (Å²) >= 11 is 5.78. The molecule has 0 saturated heterocycles. The number of ether oxygens (including phenoxy) is 2. The smallest absolute Gasteiger partial charge is 0.243 e. The summed E-state index contributed by atoms with van der Waals surface area (Å²) in [5.74, 6) is -0.0614. The number of hydrogen-bond donors (Lipinski definition) is 1. The third-order valence-corrected chi connectivity index (χ3v) is 5.81. The number of likely N-dealkylation sites (N-methyl/N-ethyl adjacent to an activating group) is 1. The Kier molecular flexibility index (Phi) is 8.18. The van der Waals surface area contributed by atoms with Crippen molar-refractivity contribution in [2.75, 3.05) is 33.9 Å². The molecule has 152 valence electrons. The van der Waals surface area contributed by atoms with Crippen LogP contribution < -0.4 is 10.1 Å². The lowest BCUT2D eigenvalue weighted by Gasteiger charge is -2.17. The van der Waals surface area contributed by atoms with Gasteiger partial charge in [0.1, 0.15) is 6.61 Å². The fourth-order valence-corrected chi connectivity index (χ4v) is 3.49. The summed E-state index contributed by atoms with van der Waals surface area (Å²) in [5, 5.41) is 3.11. The van der Waals surface area contributed by atoms with E-state index in [-0.39, 0.29) is 18.0 Å². The molecule has 1 heterocycles. The molecule has 1 aromatic heterocycles. The molecule has 2 rings (SSSR count). The van der Waals surface area contributed by atoms with Crippen LogP contribution in [0.2, 0.25) is 5.02 Å². The lowest BCUT2D eigenvalue weighted by atomic mass is 10.2. The van der Waals surface area contributed by atoms with Crippen LogP contribution in [0.1, 0.15) is 5.56 Å². The maximum Gasteiger partial charge on any atom is 0.243 e. The Morgan fingerprint density at radius 3 is 2.61 bits per heavy atom. The highest BCUT2D eigenvalue weighted by Gasteiger charge is 2.23. The van der Waals surface area contributed by atoms with E-state index in [2.05, 4.69) is 10.3 Å². The molecule has 0 atom stereocenters. The van der Waals surface area contributed by atoms with Gasteiger partial charge in [0.25, 0.3) is 0 Å². The second kappa shape index (κ2) is 10.4. The highest BCUT2D eigenvalue weighted by molar-refractivity contribution is 7.89. The molecule has 0 unspecified atom stereocenters. The number of methoxy groups -OCH3 is 1. The number of nitrogens with zero attached hydrogens (tertiary/aromatic N) is 2. The molecule has 0 spiro atoms. The summed E-state index contributed by atoms with van der Waals surface area (Å²) in [6, 6.07) is 9.24. The SMILES string of the molecule is COCCOc1ncccc1CNC(=O)CN(C)S(=O)(=O)c1ccc(Cl)cc1. The van der Waals surface area contributed by atoms with Crippen molar-refractivity contribution in [3.05, 3.63) is 53.2 Å². The van der Waals surface area contributed by atoms with E-state index in [1.165, 1.54) is 31.3 Å². The van der Waals surface area contributed by atoms with Crippen LogP contribution >= 0.6 is 11.6 Å². The number of sulfonamides is 1. The van der Waals surface area contributed by atoms with Gasteiger partial charge in [0, 0.05) is 37.5 Å². The van der Waals surface area contributed by atoms with E-state index in [9.17, 15) is 13.2 Å². The van der Waals surface area contributed by atoms with E-state index in [0.717, 1.165) is 4.31 Å². The Morgan fingerprint density at radius 2 is 1.93 bits per heavy atom. The largest absolute Gasteiger partial charge is 0.475 e. The van der Waals surface area contributed by atoms with Crippen LogP contribution in [0.4, 0.5) is 0 Å². The van der Waals surface area contributed by atoms with Gasteiger partial charge in [0.15, 0.2) is 0 Å². The summed E-state index contributed by atoms with van der Waals surface area (Å²) in [6.07, 6.45) is 1.58. The number of amides is 1. The van der Waals surface area contributed by atoms with Gasteiger partial charge in [-0.05, 0) is 30.3 Å². The molecule has 28 heavy (non-hydrogen) atoms. The van der Waals surface area contributed by atoms with Crippen LogP contribution in [0.5, 0.6) is 5.88 Å². The van der Waals surface area contributed by atoms with E-state index < -0.39 is 15.9 Å². The molecule has 0 bridgehead atoms. The highest BCUT2D eigenvalue weighted by atomic mass is 35.5. The standard InChI is InChI=1S/C18H22ClN3O5S/c1-22(28(24,25)16-7-5-15(19)6-8-16)13-17(23)21-12-14-4-3-9-20-18(14)27-11-10-26-2/h3-9H,10-13H2,1-2H3,(H,21,23). The van der Waals surface area contributed by atoms with E-state index >= 15 is 0 Å². The van der Waals surface area contributed by atoms with Gasteiger partial charge in [0.2, 0.25) is 21.8 Å². The predicted octanol–water partition coefficient (Wildman–Crippen LogP) is 1.70. The Balaban J connectivity index is 1.94. The Morgan fingerprint density at radius 1 is 1.21 bits per heavy atom. The van der Waals surface area contributed by atoms with Crippen molar-refractivity contribution in [3.63, 3.8) is 0 Å². The molecule has 0 aliphatic rings. The fourth-order valence-electron chi connectivity index (χ4n) is 2.23. The molecule has 0 fully saturated rings. The third kappa shape index (κ3) is 6.16. The normalized spacial score (nSPS) is 11.4. The number of rotatable bonds is 10. The van der Waals surface area contributed by atoms with Crippen molar-refractivity contribution in [2.45, 2.75) is 11.4 Å². The van der Waals surface area contributed by atoms with Gasteiger partial charge >= 0.3 is 0 Å². The highest BCUT2D eigenvalue weighted by Crippen LogP contribution is 2.17. The maximum atomic E-state index is 12.5. The lowest BCUT2D eigenvalue weighted by molar-refractivity contribution is -0.121. The second-order valence-electron chi connectivity index (χ2n) is 5.80. The number of carbonyl (C=O) groups is 1. The molecule has 1 N–H and O–H groups in total. The first-order valence-corrected chi connectivity index (χ1v) is 10.2. The molecular weight excluding hydrogens is 406 g/mol. The van der Waals surface area contributed by atoms with E-state index in [1.54, 1.807) is 25.4 Å². The summed E-state index contributed by atoms with van der Waals surface area (Å²) in [4.78, 5) is 16.4. The molecular formula is C18H22ClN3O5S. The van der Waals surface area contributed by atoms with Gasteiger partial charge in [0.05, 0.1) is 18.0 Å². The Hall–Kier alpha value is -2.20. The van der Waals surface area contributed by atoms with Crippen molar-refractivity contribution in [1.29, 1.82) is 0 Å². The topological polar surface area (TPSA) is 97.8 Å². The molecule has 0 aliphatic heterocycles. The van der Waals surface area contributed by atoms with Crippen LogP contribution in [0.3, 0.4) is 0 Å². The van der Waals surface area contributed by atoms with Crippen molar-refractivity contribution < 1.29 is 22.7 Å². The Labute approximate surface area is 169 Å². The van der Waals surface area contributed by atoms with Gasteiger partial charge in [-0.1, -0.05) is 17.7 Å². The number of aromatic nitrogens is 1. The zero-order chi connectivity index (χ0) is 20.6. The monoisotopic (exact) mass is 427 g/mol. The number of carbonyl (C=O) groups excluding carboxylic acids is 1. The molecule has 0 saturated carbocycles. The van der Waals surface area contributed by atoms with Crippen LogP contribution in [-0.4, -0.2) is 57.5 Å². The molecule has 1 aromatic carbocycles. The number of halogens is 1. The van der Waals surface area contributed by atoms with E-state index in [0.29, 0.717) is 29.7 Å². The van der Waals surface area contributed by atoms with Crippen molar-refractivity contribution in [2.24, 2.45) is 0 Å². The van der Waals surface area contributed by atoms with Crippen LogP contribution in [-0.2, 0) is 26.1 Å². The van der Waals surface area contributed by atoms with E-state index in [4.69, 9.17) is 21.1 Å². The fraction of sp³-hybridized carbons (Fsp3) is 0.333. The van der Waals surface area contributed by atoms with Crippen molar-refractivity contribution >= 4 is 27.5 Å². The minimum absolute atomic E-state index is 0.0632. The molecule has 10 heteroatoms. The van der Waals surface area contributed by atoms with Crippen LogP contribution in [0, 0.1) is 0 Å². The zero-order valence-electron chi connectivity index (χ0n) is 15.6. The van der Waals surface area contributed by atoms with Crippen LogP contribution in [0.25, 0.3) is 0 Å². The van der Waals surface area contributed by atoms with Gasteiger partial charge < -0.3 is 14.8 Å². The first-order chi connectivity index (χ1) is 13.3. The number of hydrogen-bond acceptors (Lipinski definition) is 6. The molecule has 8 nitrogen and oxygen atoms in total. The van der Waals surface area contributed by atoms with Gasteiger partial charge in [-0.3, -0.25) is 4.79 Å². The summed E-state index contributed by atoms with van der Waals surface area (Å²) in [7, 11) is -0.887. The third-order valence-electron chi connectivity index (χ3n) is 3.74. The van der Waals surface area contributed by atoms with Gasteiger partial charge in [-0.25, -0.2) is 13.4 Å². The quantitative estimate of drug-likeness (QED) is 0.579. The minimum Gasteiger partial charge on any atom is -0.475 e. The Bertz CT molecular complexity index is 890. The van der Waals surface area contributed by atoms with Gasteiger partial charge in [-0.2, -0.15) is 4.31 Å². The summed E-state index contributed by atoms with van der Waals surface area (Å²) < 4.78 is 36.4. The average molecular weight is 428 g/mol. The molecule has 1 amide bonds. The number of nitrogens with one attached hydrogen (secondary N) is 1. The number of pyridine rings is 1. The summed E-state index contributed by atoms with van der Waals surface area (Å²) in [5.41, 5.74) is 0.676. The average Bonchev–Trinajstić information content (AvgIpc) is 2.67. The van der Waals surface area contributed by atoms with Gasteiger partial charge in [-0.15, -0.1) is 0 Å². The first-order valence-electron chi connectivity index (χ1n) is 8.39. The first kappa shape index (κ1) is 22.1. The molecule has 2 aromatic rings. The molecule has 0 aliphatic carbocycles. The summed E-state index contributed by atoms with van der Waals surface area (Å²) in [6.45, 7) is 0.571. The number of benzene rings is 1. The van der Waals surface area contributed by atoms with E-state index in [1.807, 2.05) is 0 Å². The predicted molar refractivity (Wildman–Crippen MR) is 105 cm³/mol. The lowest BCUT2D eigenvalue weighted by Crippen LogP contribution is -2.38.